The van der Waals surface area contributed by atoms with E-state index >= 15 is 0 Å². The standard InChI is InChI=1S/C18H32N4O3S/c1-14(2)11-19-18(20-12-16-5-10-26(24,25)13-16)22-8-6-21(7-9-22)17(23)15(3)4/h15-16H,1,5-13H2,2-4H3,(H,19,20). The second-order valence-corrected chi connectivity index (χ2v) is 9.94. The van der Waals surface area contributed by atoms with Gasteiger partial charge in [-0.2, -0.15) is 0 Å². The summed E-state index contributed by atoms with van der Waals surface area (Å²) in [5, 5.41) is 3.36. The highest BCUT2D eigenvalue weighted by molar-refractivity contribution is 7.91. The molecule has 0 aromatic carbocycles. The van der Waals surface area contributed by atoms with Gasteiger partial charge in [0.25, 0.3) is 0 Å². The van der Waals surface area contributed by atoms with Crippen LogP contribution in [-0.2, 0) is 14.6 Å². The molecule has 2 fully saturated rings. The number of piperazine rings is 1. The van der Waals surface area contributed by atoms with Crippen molar-refractivity contribution in [3.05, 3.63) is 12.2 Å². The largest absolute Gasteiger partial charge is 0.356 e. The van der Waals surface area contributed by atoms with Crippen LogP contribution in [0, 0.1) is 11.8 Å². The van der Waals surface area contributed by atoms with E-state index in [1.807, 2.05) is 25.7 Å². The summed E-state index contributed by atoms with van der Waals surface area (Å²) >= 11 is 0. The number of sulfone groups is 1. The molecule has 2 heterocycles. The second kappa shape index (κ2) is 8.88. The van der Waals surface area contributed by atoms with Crippen LogP contribution in [0.1, 0.15) is 27.2 Å². The Kier molecular flexibility index (Phi) is 7.08. The van der Waals surface area contributed by atoms with Gasteiger partial charge in [-0.1, -0.05) is 26.0 Å². The molecule has 1 amide bonds. The van der Waals surface area contributed by atoms with Crippen LogP contribution in [0.3, 0.4) is 0 Å². The molecule has 1 atom stereocenters. The first-order valence-electron chi connectivity index (χ1n) is 9.35. The number of aliphatic imine (C=N–C) groups is 1. The van der Waals surface area contributed by atoms with Crippen molar-refractivity contribution in [3.63, 3.8) is 0 Å². The zero-order valence-electron chi connectivity index (χ0n) is 16.2. The van der Waals surface area contributed by atoms with Crippen LogP contribution in [0.15, 0.2) is 17.1 Å². The van der Waals surface area contributed by atoms with Crippen LogP contribution >= 0.6 is 0 Å². The number of amides is 1. The van der Waals surface area contributed by atoms with E-state index in [4.69, 9.17) is 0 Å². The zero-order chi connectivity index (χ0) is 19.3. The second-order valence-electron chi connectivity index (χ2n) is 7.71. The van der Waals surface area contributed by atoms with E-state index in [0.717, 1.165) is 24.6 Å². The molecule has 2 aliphatic rings. The summed E-state index contributed by atoms with van der Waals surface area (Å²) in [6.45, 7) is 13.6. The van der Waals surface area contributed by atoms with E-state index in [0.29, 0.717) is 32.6 Å². The van der Waals surface area contributed by atoms with Crippen molar-refractivity contribution < 1.29 is 13.2 Å². The average molecular weight is 385 g/mol. The molecule has 0 aliphatic carbocycles. The summed E-state index contributed by atoms with van der Waals surface area (Å²) in [6.07, 6.45) is 0.708. The zero-order valence-corrected chi connectivity index (χ0v) is 17.0. The number of hydrogen-bond acceptors (Lipinski definition) is 4. The average Bonchev–Trinajstić information content (AvgIpc) is 2.93. The van der Waals surface area contributed by atoms with Crippen LogP contribution in [0.4, 0.5) is 0 Å². The fraction of sp³-hybridized carbons (Fsp3) is 0.778. The summed E-state index contributed by atoms with van der Waals surface area (Å²) in [4.78, 5) is 20.8. The lowest BCUT2D eigenvalue weighted by atomic mass is 10.1. The molecule has 1 N–H and O–H groups in total. The van der Waals surface area contributed by atoms with Gasteiger partial charge in [0.2, 0.25) is 5.91 Å². The molecule has 0 radical (unpaired) electrons. The predicted octanol–water partition coefficient (Wildman–Crippen LogP) is 0.743. The summed E-state index contributed by atoms with van der Waals surface area (Å²) < 4.78 is 23.3. The van der Waals surface area contributed by atoms with Gasteiger partial charge >= 0.3 is 0 Å². The highest BCUT2D eigenvalue weighted by atomic mass is 32.2. The maximum absolute atomic E-state index is 12.1. The molecule has 0 spiro atoms. The van der Waals surface area contributed by atoms with Crippen molar-refractivity contribution in [2.24, 2.45) is 16.8 Å². The Morgan fingerprint density at radius 1 is 1.23 bits per heavy atom. The number of carbonyl (C=O) groups excluding carboxylic acids is 1. The van der Waals surface area contributed by atoms with Gasteiger partial charge in [-0.15, -0.1) is 0 Å². The summed E-state index contributed by atoms with van der Waals surface area (Å²) in [5.41, 5.74) is 0.973. The first-order valence-corrected chi connectivity index (χ1v) is 11.2. The Morgan fingerprint density at radius 3 is 2.35 bits per heavy atom. The lowest BCUT2D eigenvalue weighted by Crippen LogP contribution is -2.55. The number of hydrogen-bond donors (Lipinski definition) is 1. The highest BCUT2D eigenvalue weighted by Crippen LogP contribution is 2.17. The monoisotopic (exact) mass is 384 g/mol. The van der Waals surface area contributed by atoms with Gasteiger partial charge in [0.1, 0.15) is 0 Å². The quantitative estimate of drug-likeness (QED) is 0.430. The molecule has 0 aromatic heterocycles. The van der Waals surface area contributed by atoms with Gasteiger partial charge in [-0.05, 0) is 19.3 Å². The molecule has 2 saturated heterocycles. The number of nitrogens with one attached hydrogen (secondary N) is 1. The normalized spacial score (nSPS) is 23.4. The van der Waals surface area contributed by atoms with Crippen molar-refractivity contribution in [1.29, 1.82) is 0 Å². The molecular weight excluding hydrogens is 352 g/mol. The maximum atomic E-state index is 12.1. The summed E-state index contributed by atoms with van der Waals surface area (Å²) in [5.74, 6) is 1.67. The van der Waals surface area contributed by atoms with Gasteiger partial charge in [0.05, 0.1) is 18.1 Å². The fourth-order valence-electron chi connectivity index (χ4n) is 3.25. The SMILES string of the molecule is C=C(C)CN=C(NCC1CCS(=O)(=O)C1)N1CCN(C(=O)C(C)C)CC1. The minimum Gasteiger partial charge on any atom is -0.356 e. The minimum absolute atomic E-state index is 0.0144. The Morgan fingerprint density at radius 2 is 1.85 bits per heavy atom. The van der Waals surface area contributed by atoms with Crippen LogP contribution in [0.2, 0.25) is 0 Å². The Balaban J connectivity index is 1.94. The summed E-state index contributed by atoms with van der Waals surface area (Å²) in [7, 11) is -2.87. The van der Waals surface area contributed by atoms with Crippen molar-refractivity contribution in [2.75, 3.05) is 50.8 Å². The molecule has 148 valence electrons. The number of rotatable bonds is 5. The predicted molar refractivity (Wildman–Crippen MR) is 105 cm³/mol. The van der Waals surface area contributed by atoms with Crippen LogP contribution in [0.25, 0.3) is 0 Å². The molecule has 7 nitrogen and oxygen atoms in total. The maximum Gasteiger partial charge on any atom is 0.225 e. The first kappa shape index (κ1) is 20.7. The van der Waals surface area contributed by atoms with Gasteiger partial charge in [-0.25, -0.2) is 13.4 Å². The molecule has 0 saturated carbocycles. The number of nitrogens with zero attached hydrogens (tertiary/aromatic N) is 3. The lowest BCUT2D eigenvalue weighted by molar-refractivity contribution is -0.135. The molecule has 2 aliphatic heterocycles. The third-order valence-corrected chi connectivity index (χ3v) is 6.60. The first-order chi connectivity index (χ1) is 12.2. The van der Waals surface area contributed by atoms with Crippen molar-refractivity contribution in [3.8, 4) is 0 Å². The van der Waals surface area contributed by atoms with Gasteiger partial charge < -0.3 is 15.1 Å². The van der Waals surface area contributed by atoms with E-state index in [1.165, 1.54) is 0 Å². The van der Waals surface area contributed by atoms with Crippen molar-refractivity contribution in [1.82, 2.24) is 15.1 Å². The molecular formula is C18H32N4O3S. The molecule has 8 heteroatoms. The van der Waals surface area contributed by atoms with Gasteiger partial charge in [-0.3, -0.25) is 4.79 Å². The van der Waals surface area contributed by atoms with Gasteiger partial charge in [0, 0.05) is 38.6 Å². The molecule has 0 aromatic rings. The van der Waals surface area contributed by atoms with E-state index in [2.05, 4.69) is 21.8 Å². The lowest BCUT2D eigenvalue weighted by Gasteiger charge is -2.37. The molecule has 0 bridgehead atoms. The van der Waals surface area contributed by atoms with Crippen LogP contribution in [0.5, 0.6) is 0 Å². The topological polar surface area (TPSA) is 82.1 Å². The number of guanidine groups is 1. The van der Waals surface area contributed by atoms with E-state index < -0.39 is 9.84 Å². The molecule has 1 unspecified atom stereocenters. The minimum atomic E-state index is -2.87. The fourth-order valence-corrected chi connectivity index (χ4v) is 5.11. The van der Waals surface area contributed by atoms with Crippen LogP contribution < -0.4 is 5.32 Å². The highest BCUT2D eigenvalue weighted by Gasteiger charge is 2.29. The smallest absolute Gasteiger partial charge is 0.225 e. The Hall–Kier alpha value is -1.57. The molecule has 26 heavy (non-hydrogen) atoms. The van der Waals surface area contributed by atoms with Gasteiger partial charge in [0.15, 0.2) is 15.8 Å². The van der Waals surface area contributed by atoms with E-state index in [-0.39, 0.29) is 29.2 Å². The molecule has 2 rings (SSSR count). The third-order valence-electron chi connectivity index (χ3n) is 4.76. The van der Waals surface area contributed by atoms with Crippen molar-refractivity contribution in [2.45, 2.75) is 27.2 Å². The van der Waals surface area contributed by atoms with E-state index in [1.54, 1.807) is 0 Å². The van der Waals surface area contributed by atoms with E-state index in [9.17, 15) is 13.2 Å². The Labute approximate surface area is 157 Å². The summed E-state index contributed by atoms with van der Waals surface area (Å²) in [6, 6.07) is 0. The van der Waals surface area contributed by atoms with Crippen molar-refractivity contribution >= 4 is 21.7 Å². The third kappa shape index (κ3) is 6.00. The van der Waals surface area contributed by atoms with Crippen LogP contribution in [-0.4, -0.2) is 80.9 Å². The number of carbonyl (C=O) groups is 1. The Bertz CT molecular complexity index is 649.